The Hall–Kier alpha value is -2.48. The van der Waals surface area contributed by atoms with Gasteiger partial charge in [-0.15, -0.1) is 0 Å². The molecule has 2 amide bonds. The van der Waals surface area contributed by atoms with Crippen LogP contribution in [0.4, 0.5) is 0 Å². The van der Waals surface area contributed by atoms with Crippen LogP contribution in [0.1, 0.15) is 26.7 Å². The van der Waals surface area contributed by atoms with Gasteiger partial charge in [-0.1, -0.05) is 34.8 Å². The van der Waals surface area contributed by atoms with Gasteiger partial charge in [0.1, 0.15) is 10.9 Å². The topological polar surface area (TPSA) is 89.2 Å². The molecule has 2 N–H and O–H groups in total. The fraction of sp³-hybridized carbons (Fsp3) is 0.0625. The third-order valence-electron chi connectivity index (χ3n) is 3.34. The van der Waals surface area contributed by atoms with Gasteiger partial charge < -0.3 is 8.98 Å². The molecule has 26 heavy (non-hydrogen) atoms. The zero-order chi connectivity index (χ0) is 18.7. The highest BCUT2D eigenvalue weighted by molar-refractivity contribution is 6.40. The number of hydrogen-bond donors (Lipinski definition) is 2. The number of halogens is 3. The van der Waals surface area contributed by atoms with E-state index in [0.717, 1.165) is 0 Å². The van der Waals surface area contributed by atoms with Crippen molar-refractivity contribution in [1.82, 2.24) is 20.4 Å². The zero-order valence-electron chi connectivity index (χ0n) is 13.0. The Balaban J connectivity index is 1.58. The quantitative estimate of drug-likeness (QED) is 0.640. The highest BCUT2D eigenvalue weighted by atomic mass is 35.5. The molecule has 10 heteroatoms. The fourth-order valence-electron chi connectivity index (χ4n) is 2.05. The number of hydrogen-bond acceptors (Lipinski definition) is 4. The minimum atomic E-state index is -0.603. The van der Waals surface area contributed by atoms with Crippen molar-refractivity contribution < 1.29 is 14.0 Å². The second-order valence-corrected chi connectivity index (χ2v) is 6.29. The molecule has 0 aliphatic rings. The van der Waals surface area contributed by atoms with Crippen LogP contribution in [0.3, 0.4) is 0 Å². The molecule has 0 aliphatic carbocycles. The van der Waals surface area contributed by atoms with Crippen molar-refractivity contribution in [2.75, 3.05) is 0 Å². The van der Waals surface area contributed by atoms with E-state index in [9.17, 15) is 9.59 Å². The zero-order valence-corrected chi connectivity index (χ0v) is 15.3. The number of nitrogens with one attached hydrogen (secondary N) is 2. The normalized spacial score (nSPS) is 10.6. The van der Waals surface area contributed by atoms with Crippen molar-refractivity contribution in [2.45, 2.75) is 6.54 Å². The van der Waals surface area contributed by atoms with Gasteiger partial charge in [-0.3, -0.25) is 20.4 Å². The molecule has 0 radical (unpaired) electrons. The maximum Gasteiger partial charge on any atom is 0.305 e. The van der Waals surface area contributed by atoms with E-state index < -0.39 is 11.8 Å². The Morgan fingerprint density at radius 3 is 2.35 bits per heavy atom. The summed E-state index contributed by atoms with van der Waals surface area (Å²) in [5.74, 6) is -0.594. The van der Waals surface area contributed by atoms with Gasteiger partial charge in [0.25, 0.3) is 5.91 Å². The minimum Gasteiger partial charge on any atom is -0.454 e. The summed E-state index contributed by atoms with van der Waals surface area (Å²) in [6.45, 7) is 0.253. The first-order valence-electron chi connectivity index (χ1n) is 7.25. The average molecular weight is 414 g/mol. The summed E-state index contributed by atoms with van der Waals surface area (Å²) in [4.78, 5) is 27.9. The van der Waals surface area contributed by atoms with Crippen LogP contribution in [0.2, 0.25) is 15.3 Å². The first-order valence-corrected chi connectivity index (χ1v) is 8.38. The van der Waals surface area contributed by atoms with Gasteiger partial charge in [-0.2, -0.15) is 0 Å². The number of furan rings is 1. The van der Waals surface area contributed by atoms with Crippen molar-refractivity contribution in [3.8, 4) is 0 Å². The Morgan fingerprint density at radius 1 is 1.00 bits per heavy atom. The van der Waals surface area contributed by atoms with Crippen molar-refractivity contribution in [2.24, 2.45) is 0 Å². The molecule has 0 unspecified atom stereocenters. The second kappa shape index (κ2) is 7.82. The van der Waals surface area contributed by atoms with Gasteiger partial charge in [0.2, 0.25) is 0 Å². The number of rotatable bonds is 4. The smallest absolute Gasteiger partial charge is 0.305 e. The predicted molar refractivity (Wildman–Crippen MR) is 96.4 cm³/mol. The molecule has 1 aromatic carbocycles. The average Bonchev–Trinajstić information content (AvgIpc) is 3.22. The molecular formula is C16H11Cl3N4O3. The molecule has 0 aliphatic heterocycles. The maximum absolute atomic E-state index is 12.1. The summed E-state index contributed by atoms with van der Waals surface area (Å²) in [6.07, 6.45) is 1.46. The van der Waals surface area contributed by atoms with E-state index in [1.807, 2.05) is 0 Å². The van der Waals surface area contributed by atoms with Crippen LogP contribution < -0.4 is 10.9 Å². The predicted octanol–water partition coefficient (Wildman–Crippen LogP) is 3.56. The monoisotopic (exact) mass is 412 g/mol. The maximum atomic E-state index is 12.1. The lowest BCUT2D eigenvalue weighted by molar-refractivity contribution is 0.0830. The second-order valence-electron chi connectivity index (χ2n) is 5.14. The van der Waals surface area contributed by atoms with Crippen LogP contribution in [-0.2, 0) is 6.54 Å². The number of hydrazine groups is 1. The largest absolute Gasteiger partial charge is 0.454 e. The van der Waals surface area contributed by atoms with Gasteiger partial charge in [0, 0.05) is 10.6 Å². The molecule has 7 nitrogen and oxygen atoms in total. The number of nitrogens with zero attached hydrogens (tertiary/aromatic N) is 2. The molecular weight excluding hydrogens is 403 g/mol. The number of imidazole rings is 1. The summed E-state index contributed by atoms with van der Waals surface area (Å²) in [7, 11) is 0. The molecule has 2 heterocycles. The van der Waals surface area contributed by atoms with Gasteiger partial charge >= 0.3 is 5.91 Å². The summed E-state index contributed by atoms with van der Waals surface area (Å²) < 4.78 is 7.00. The van der Waals surface area contributed by atoms with Crippen molar-refractivity contribution >= 4 is 46.6 Å². The lowest BCUT2D eigenvalue weighted by atomic mass is 10.2. The van der Waals surface area contributed by atoms with Crippen LogP contribution in [0.15, 0.2) is 47.1 Å². The van der Waals surface area contributed by atoms with E-state index in [1.54, 1.807) is 22.8 Å². The van der Waals surface area contributed by atoms with Crippen LogP contribution >= 0.6 is 34.8 Å². The first kappa shape index (κ1) is 18.3. The fourth-order valence-corrected chi connectivity index (χ4v) is 2.48. The molecule has 0 atom stereocenters. The first-order chi connectivity index (χ1) is 12.4. The molecule has 3 aromatic rings. The highest BCUT2D eigenvalue weighted by Gasteiger charge is 2.14. The Labute approximate surface area is 162 Å². The number of benzene rings is 1. The van der Waals surface area contributed by atoms with E-state index in [4.69, 9.17) is 39.2 Å². The SMILES string of the molecule is O=C(NNC(=O)c1ccc(Cn2cnc(Cl)c2Cl)o1)c1ccc(Cl)cc1. The molecule has 134 valence electrons. The molecule has 0 spiro atoms. The highest BCUT2D eigenvalue weighted by Crippen LogP contribution is 2.21. The molecule has 3 rings (SSSR count). The van der Waals surface area contributed by atoms with Gasteiger partial charge in [0.05, 0.1) is 12.9 Å². The molecule has 0 saturated carbocycles. The third kappa shape index (κ3) is 4.19. The van der Waals surface area contributed by atoms with E-state index in [0.29, 0.717) is 16.3 Å². The Bertz CT molecular complexity index is 950. The molecule has 0 saturated heterocycles. The lowest BCUT2D eigenvalue weighted by Crippen LogP contribution is -2.41. The third-order valence-corrected chi connectivity index (χ3v) is 4.36. The van der Waals surface area contributed by atoms with Crippen LogP contribution in [0.5, 0.6) is 0 Å². The lowest BCUT2D eigenvalue weighted by Gasteiger charge is -2.06. The number of amides is 2. The molecule has 2 aromatic heterocycles. The van der Waals surface area contributed by atoms with Gasteiger partial charge in [0.15, 0.2) is 10.9 Å². The van der Waals surface area contributed by atoms with E-state index in [2.05, 4.69) is 15.8 Å². The summed E-state index contributed by atoms with van der Waals surface area (Å²) in [6, 6.07) is 9.31. The number of carbonyl (C=O) groups is 2. The van der Waals surface area contributed by atoms with Gasteiger partial charge in [-0.05, 0) is 36.4 Å². The van der Waals surface area contributed by atoms with Crippen LogP contribution in [-0.4, -0.2) is 21.4 Å². The Kier molecular flexibility index (Phi) is 5.51. The van der Waals surface area contributed by atoms with E-state index in [1.165, 1.54) is 24.5 Å². The standard InChI is InChI=1S/C16H11Cl3N4O3/c17-10-3-1-9(2-4-10)15(24)21-22-16(25)12-6-5-11(26-12)7-23-8-20-13(18)14(23)19/h1-6,8H,7H2,(H,21,24)(H,22,25). The number of carbonyl (C=O) groups excluding carboxylic acids is 2. The van der Waals surface area contributed by atoms with E-state index in [-0.39, 0.29) is 22.6 Å². The van der Waals surface area contributed by atoms with E-state index >= 15 is 0 Å². The Morgan fingerprint density at radius 2 is 1.69 bits per heavy atom. The minimum absolute atomic E-state index is 0.0266. The summed E-state index contributed by atoms with van der Waals surface area (Å²) in [5, 5.41) is 0.957. The molecule has 0 fully saturated rings. The summed E-state index contributed by atoms with van der Waals surface area (Å²) >= 11 is 17.5. The molecule has 0 bridgehead atoms. The van der Waals surface area contributed by atoms with Gasteiger partial charge in [-0.25, -0.2) is 4.98 Å². The van der Waals surface area contributed by atoms with Crippen molar-refractivity contribution in [3.05, 3.63) is 75.1 Å². The number of aromatic nitrogens is 2. The van der Waals surface area contributed by atoms with Crippen molar-refractivity contribution in [3.63, 3.8) is 0 Å². The van der Waals surface area contributed by atoms with Crippen LogP contribution in [0.25, 0.3) is 0 Å². The van der Waals surface area contributed by atoms with Crippen LogP contribution in [0, 0.1) is 0 Å². The van der Waals surface area contributed by atoms with Crippen molar-refractivity contribution in [1.29, 1.82) is 0 Å². The summed E-state index contributed by atoms with van der Waals surface area (Å²) in [5.41, 5.74) is 4.91.